The van der Waals surface area contributed by atoms with Crippen LogP contribution in [0.4, 0.5) is 0 Å². The first kappa shape index (κ1) is 17.7. The first-order chi connectivity index (χ1) is 10.4. The van der Waals surface area contributed by atoms with Gasteiger partial charge in [0.25, 0.3) is 0 Å². The molecule has 0 heterocycles. The van der Waals surface area contributed by atoms with Crippen molar-refractivity contribution < 1.29 is 19.4 Å². The van der Waals surface area contributed by atoms with Gasteiger partial charge in [-0.3, -0.25) is 0 Å². The van der Waals surface area contributed by atoms with Crippen LogP contribution < -0.4 is 0 Å². The van der Waals surface area contributed by atoms with Gasteiger partial charge in [-0.05, 0) is 51.8 Å². The Kier molecular flexibility index (Phi) is 7.09. The number of allylic oxidation sites excluding steroid dienone is 3. The number of carboxylic acid groups (broad SMARTS) is 1. The van der Waals surface area contributed by atoms with Crippen molar-refractivity contribution in [2.24, 2.45) is 0 Å². The molecule has 0 fully saturated rings. The Morgan fingerprint density at radius 2 is 1.73 bits per heavy atom. The molecule has 22 heavy (non-hydrogen) atoms. The van der Waals surface area contributed by atoms with Crippen molar-refractivity contribution in [2.45, 2.75) is 33.6 Å². The van der Waals surface area contributed by atoms with Crippen molar-refractivity contribution in [3.05, 3.63) is 58.7 Å². The number of benzene rings is 1. The van der Waals surface area contributed by atoms with Crippen molar-refractivity contribution in [1.29, 1.82) is 0 Å². The molecule has 0 spiro atoms. The highest BCUT2D eigenvalue weighted by atomic mass is 16.5. The van der Waals surface area contributed by atoms with Gasteiger partial charge in [-0.2, -0.15) is 0 Å². The molecule has 0 aliphatic carbocycles. The molecule has 0 unspecified atom stereocenters. The van der Waals surface area contributed by atoms with E-state index in [1.54, 1.807) is 12.1 Å². The molecular weight excluding hydrogens is 280 g/mol. The highest BCUT2D eigenvalue weighted by Crippen LogP contribution is 2.11. The first-order valence-electron chi connectivity index (χ1n) is 7.20. The lowest BCUT2D eigenvalue weighted by molar-refractivity contribution is 0.0535. The van der Waals surface area contributed by atoms with Gasteiger partial charge in [0.2, 0.25) is 0 Å². The third kappa shape index (κ3) is 5.95. The maximum absolute atomic E-state index is 11.9. The highest BCUT2D eigenvalue weighted by molar-refractivity contribution is 6.02. The average molecular weight is 302 g/mol. The van der Waals surface area contributed by atoms with Gasteiger partial charge in [-0.25, -0.2) is 9.59 Å². The molecule has 0 bridgehead atoms. The van der Waals surface area contributed by atoms with Gasteiger partial charge >= 0.3 is 11.9 Å². The molecule has 0 aliphatic heterocycles. The number of hydrogen-bond acceptors (Lipinski definition) is 3. The van der Waals surface area contributed by atoms with Crippen molar-refractivity contribution in [3.63, 3.8) is 0 Å². The lowest BCUT2D eigenvalue weighted by Crippen LogP contribution is -2.11. The van der Waals surface area contributed by atoms with Crippen LogP contribution in [0.2, 0.25) is 0 Å². The second kappa shape index (κ2) is 8.82. The fourth-order valence-electron chi connectivity index (χ4n) is 1.88. The second-order valence-corrected chi connectivity index (χ2v) is 5.32. The summed E-state index contributed by atoms with van der Waals surface area (Å²) < 4.78 is 5.12. The maximum atomic E-state index is 11.9. The van der Waals surface area contributed by atoms with E-state index in [-0.39, 0.29) is 17.7 Å². The molecule has 4 heteroatoms. The number of hydrogen-bond donors (Lipinski definition) is 1. The minimum atomic E-state index is -1.14. The number of aromatic carboxylic acids is 1. The van der Waals surface area contributed by atoms with Crippen molar-refractivity contribution in [2.75, 3.05) is 6.61 Å². The summed E-state index contributed by atoms with van der Waals surface area (Å²) in [5.74, 6) is -1.76. The second-order valence-electron chi connectivity index (χ2n) is 5.32. The van der Waals surface area contributed by atoms with Gasteiger partial charge in [0.15, 0.2) is 0 Å². The van der Waals surface area contributed by atoms with Crippen LogP contribution in [0.25, 0.3) is 0 Å². The molecule has 0 aromatic heterocycles. The Morgan fingerprint density at radius 1 is 1.09 bits per heavy atom. The number of carboxylic acids is 1. The summed E-state index contributed by atoms with van der Waals surface area (Å²) in [4.78, 5) is 23.0. The van der Waals surface area contributed by atoms with Crippen LogP contribution in [0.5, 0.6) is 0 Å². The van der Waals surface area contributed by atoms with Crippen LogP contribution in [-0.2, 0) is 4.74 Å². The fourth-order valence-corrected chi connectivity index (χ4v) is 1.88. The van der Waals surface area contributed by atoms with E-state index in [1.165, 1.54) is 17.7 Å². The van der Waals surface area contributed by atoms with Gasteiger partial charge in [0.05, 0.1) is 11.1 Å². The highest BCUT2D eigenvalue weighted by Gasteiger charge is 2.16. The van der Waals surface area contributed by atoms with Gasteiger partial charge in [-0.15, -0.1) is 0 Å². The summed E-state index contributed by atoms with van der Waals surface area (Å²) >= 11 is 0. The Bertz CT molecular complexity index is 593. The smallest absolute Gasteiger partial charge is 0.339 e. The molecule has 1 N–H and O–H groups in total. The molecule has 0 saturated carbocycles. The topological polar surface area (TPSA) is 63.6 Å². The van der Waals surface area contributed by atoms with Crippen LogP contribution >= 0.6 is 0 Å². The number of ether oxygens (including phenoxy) is 1. The summed E-state index contributed by atoms with van der Waals surface area (Å²) in [5.41, 5.74) is 2.45. The first-order valence-corrected chi connectivity index (χ1v) is 7.20. The Labute approximate surface area is 131 Å². The van der Waals surface area contributed by atoms with E-state index < -0.39 is 11.9 Å². The zero-order chi connectivity index (χ0) is 16.5. The predicted octanol–water partition coefficient (Wildman–Crippen LogP) is 4.23. The molecule has 0 aliphatic rings. The van der Waals surface area contributed by atoms with Gasteiger partial charge in [0, 0.05) is 0 Å². The summed E-state index contributed by atoms with van der Waals surface area (Å²) in [7, 11) is 0. The number of carbonyl (C=O) groups excluding carboxylic acids is 1. The van der Waals surface area contributed by atoms with Crippen molar-refractivity contribution in [1.82, 2.24) is 0 Å². The number of esters is 1. The SMILES string of the molecule is CC(C)=CCC/C(C)=C/COC(=O)c1ccccc1C(=O)O. The average Bonchev–Trinajstić information content (AvgIpc) is 2.46. The maximum Gasteiger partial charge on any atom is 0.339 e. The Balaban J connectivity index is 2.56. The van der Waals surface area contributed by atoms with E-state index in [9.17, 15) is 9.59 Å². The van der Waals surface area contributed by atoms with E-state index in [0.717, 1.165) is 18.4 Å². The minimum Gasteiger partial charge on any atom is -0.478 e. The molecule has 1 aromatic rings. The zero-order valence-electron chi connectivity index (χ0n) is 13.3. The molecule has 4 nitrogen and oxygen atoms in total. The molecule has 0 atom stereocenters. The predicted molar refractivity (Wildman–Crippen MR) is 86.1 cm³/mol. The normalized spacial score (nSPS) is 11.0. The molecule has 0 saturated heterocycles. The number of carbonyl (C=O) groups is 2. The standard InChI is InChI=1S/C18H22O4/c1-13(2)7-6-8-14(3)11-12-22-18(21)16-10-5-4-9-15(16)17(19)20/h4-5,7,9-11H,6,8,12H2,1-3H3,(H,19,20)/b14-11+. The van der Waals surface area contributed by atoms with E-state index in [4.69, 9.17) is 9.84 Å². The molecule has 0 amide bonds. The minimum absolute atomic E-state index is 0.0447. The summed E-state index contributed by atoms with van der Waals surface area (Å²) in [6.45, 7) is 6.24. The monoisotopic (exact) mass is 302 g/mol. The molecule has 118 valence electrons. The van der Waals surface area contributed by atoms with E-state index in [1.807, 2.05) is 13.0 Å². The van der Waals surface area contributed by atoms with Crippen LogP contribution in [-0.4, -0.2) is 23.7 Å². The zero-order valence-corrected chi connectivity index (χ0v) is 13.3. The van der Waals surface area contributed by atoms with Crippen LogP contribution in [0.1, 0.15) is 54.3 Å². The fraction of sp³-hybridized carbons (Fsp3) is 0.333. The molecule has 1 aromatic carbocycles. The molecular formula is C18H22O4. The lowest BCUT2D eigenvalue weighted by atomic mass is 10.1. The quantitative estimate of drug-likeness (QED) is 0.604. The lowest BCUT2D eigenvalue weighted by Gasteiger charge is -2.06. The van der Waals surface area contributed by atoms with E-state index in [2.05, 4.69) is 19.9 Å². The molecule has 0 radical (unpaired) electrons. The van der Waals surface area contributed by atoms with E-state index >= 15 is 0 Å². The molecule has 1 rings (SSSR count). The van der Waals surface area contributed by atoms with Gasteiger partial charge in [0.1, 0.15) is 6.61 Å². The van der Waals surface area contributed by atoms with Crippen LogP contribution in [0, 0.1) is 0 Å². The van der Waals surface area contributed by atoms with Crippen molar-refractivity contribution >= 4 is 11.9 Å². The van der Waals surface area contributed by atoms with Crippen LogP contribution in [0.3, 0.4) is 0 Å². The Hall–Kier alpha value is -2.36. The summed E-state index contributed by atoms with van der Waals surface area (Å²) in [6, 6.07) is 6.04. The van der Waals surface area contributed by atoms with E-state index in [0.29, 0.717) is 0 Å². The van der Waals surface area contributed by atoms with Gasteiger partial charge < -0.3 is 9.84 Å². The Morgan fingerprint density at radius 3 is 2.32 bits per heavy atom. The summed E-state index contributed by atoms with van der Waals surface area (Å²) in [6.07, 6.45) is 5.88. The summed E-state index contributed by atoms with van der Waals surface area (Å²) in [5, 5.41) is 9.04. The van der Waals surface area contributed by atoms with Crippen molar-refractivity contribution in [3.8, 4) is 0 Å². The van der Waals surface area contributed by atoms with Gasteiger partial charge in [-0.1, -0.05) is 29.4 Å². The number of rotatable bonds is 7. The third-order valence-electron chi connectivity index (χ3n) is 3.11. The largest absolute Gasteiger partial charge is 0.478 e. The van der Waals surface area contributed by atoms with Crippen LogP contribution in [0.15, 0.2) is 47.6 Å². The third-order valence-corrected chi connectivity index (χ3v) is 3.11.